The molecule has 4 aromatic rings. The molecule has 0 saturated heterocycles. The van der Waals surface area contributed by atoms with Crippen LogP contribution in [0.25, 0.3) is 11.2 Å². The molecule has 2 aromatic carbocycles. The first-order valence-electron chi connectivity index (χ1n) is 11.0. The predicted molar refractivity (Wildman–Crippen MR) is 134 cm³/mol. The van der Waals surface area contributed by atoms with Crippen LogP contribution in [0.5, 0.6) is 0 Å². The summed E-state index contributed by atoms with van der Waals surface area (Å²) in [6, 6.07) is 15.5. The van der Waals surface area contributed by atoms with E-state index in [9.17, 15) is 19.2 Å². The number of anilines is 3. The third kappa shape index (κ3) is 5.29. The molecule has 0 atom stereocenters. The van der Waals surface area contributed by atoms with Crippen LogP contribution < -0.4 is 27.2 Å². The van der Waals surface area contributed by atoms with Crippen molar-refractivity contribution in [3.8, 4) is 0 Å². The van der Waals surface area contributed by atoms with Crippen LogP contribution in [0.4, 0.5) is 21.9 Å². The van der Waals surface area contributed by atoms with Crippen LogP contribution >= 0.6 is 0 Å². The van der Waals surface area contributed by atoms with Gasteiger partial charge in [-0.05, 0) is 42.8 Å². The van der Waals surface area contributed by atoms with Gasteiger partial charge in [0.1, 0.15) is 0 Å². The number of imidazole rings is 1. The van der Waals surface area contributed by atoms with E-state index in [-0.39, 0.29) is 18.4 Å². The van der Waals surface area contributed by atoms with Crippen LogP contribution in [0, 0.1) is 0 Å². The van der Waals surface area contributed by atoms with Gasteiger partial charge in [-0.15, -0.1) is 0 Å². The topological polar surface area (TPSA) is 132 Å². The van der Waals surface area contributed by atoms with E-state index in [1.165, 1.54) is 17.9 Å². The van der Waals surface area contributed by atoms with E-state index in [0.29, 0.717) is 41.2 Å². The maximum absolute atomic E-state index is 12.5. The minimum atomic E-state index is -0.440. The van der Waals surface area contributed by atoms with Crippen LogP contribution in [0.3, 0.4) is 0 Å². The Balaban J connectivity index is 1.29. The van der Waals surface area contributed by atoms with Crippen molar-refractivity contribution >= 4 is 40.2 Å². The third-order valence-corrected chi connectivity index (χ3v) is 5.48. The number of fused-ring (bicyclic) bond motifs is 1. The van der Waals surface area contributed by atoms with Gasteiger partial charge < -0.3 is 20.5 Å². The molecule has 2 heterocycles. The molecular weight excluding hydrogens is 450 g/mol. The molecule has 0 spiro atoms. The molecular formula is C24H25N7O4. The second-order valence-corrected chi connectivity index (χ2v) is 7.99. The van der Waals surface area contributed by atoms with Gasteiger partial charge in [0, 0.05) is 44.1 Å². The smallest absolute Gasteiger partial charge is 0.326 e. The summed E-state index contributed by atoms with van der Waals surface area (Å²) in [6.45, 7) is 0.400. The van der Waals surface area contributed by atoms with Gasteiger partial charge in [0.05, 0.1) is 6.33 Å². The second kappa shape index (κ2) is 10.1. The van der Waals surface area contributed by atoms with E-state index in [4.69, 9.17) is 0 Å². The van der Waals surface area contributed by atoms with E-state index >= 15 is 0 Å². The zero-order valence-electron chi connectivity index (χ0n) is 19.3. The molecule has 0 unspecified atom stereocenters. The largest absolute Gasteiger partial charge is 0.332 e. The molecule has 0 saturated carbocycles. The molecule has 0 radical (unpaired) electrons. The highest BCUT2D eigenvalue weighted by molar-refractivity contribution is 6.00. The van der Waals surface area contributed by atoms with Gasteiger partial charge in [0.25, 0.3) is 5.56 Å². The van der Waals surface area contributed by atoms with E-state index in [1.807, 2.05) is 18.2 Å². The zero-order chi connectivity index (χ0) is 24.9. The fourth-order valence-electron chi connectivity index (χ4n) is 3.65. The molecule has 4 rings (SSSR count). The Morgan fingerprint density at radius 3 is 2.09 bits per heavy atom. The number of urea groups is 1. The van der Waals surface area contributed by atoms with Crippen LogP contribution in [-0.2, 0) is 25.4 Å². The molecule has 3 N–H and O–H groups in total. The molecule has 180 valence electrons. The highest BCUT2D eigenvalue weighted by Gasteiger charge is 2.14. The average molecular weight is 476 g/mol. The number of benzene rings is 2. The molecule has 11 heteroatoms. The molecule has 11 nitrogen and oxygen atoms in total. The Bertz CT molecular complexity index is 1480. The first-order valence-corrected chi connectivity index (χ1v) is 11.0. The van der Waals surface area contributed by atoms with Crippen molar-refractivity contribution in [1.82, 2.24) is 18.7 Å². The third-order valence-electron chi connectivity index (χ3n) is 5.48. The zero-order valence-corrected chi connectivity index (χ0v) is 19.3. The number of amides is 3. The minimum absolute atomic E-state index is 0.183. The molecule has 3 amide bonds. The number of hydrogen-bond donors (Lipinski definition) is 3. The van der Waals surface area contributed by atoms with E-state index in [1.54, 1.807) is 48.0 Å². The lowest BCUT2D eigenvalue weighted by Crippen LogP contribution is -2.37. The number of nitrogens with one attached hydrogen (secondary N) is 3. The van der Waals surface area contributed by atoms with Crippen molar-refractivity contribution in [3.05, 3.63) is 81.8 Å². The fourth-order valence-corrected chi connectivity index (χ4v) is 3.65. The number of nitrogens with zero attached hydrogens (tertiary/aromatic N) is 4. The summed E-state index contributed by atoms with van der Waals surface area (Å²) in [7, 11) is 2.98. The Hall–Kier alpha value is -4.67. The maximum atomic E-state index is 12.5. The Kier molecular flexibility index (Phi) is 6.76. The van der Waals surface area contributed by atoms with E-state index < -0.39 is 11.2 Å². The predicted octanol–water partition coefficient (Wildman–Crippen LogP) is 2.50. The maximum Gasteiger partial charge on any atom is 0.332 e. The van der Waals surface area contributed by atoms with Gasteiger partial charge >= 0.3 is 11.7 Å². The summed E-state index contributed by atoms with van der Waals surface area (Å²) in [5.41, 5.74) is 1.65. The Morgan fingerprint density at radius 1 is 0.829 bits per heavy atom. The van der Waals surface area contributed by atoms with Gasteiger partial charge in [-0.3, -0.25) is 18.7 Å². The lowest BCUT2D eigenvalue weighted by atomic mass is 10.2. The van der Waals surface area contributed by atoms with Gasteiger partial charge in [0.15, 0.2) is 11.2 Å². The Morgan fingerprint density at radius 2 is 1.43 bits per heavy atom. The summed E-state index contributed by atoms with van der Waals surface area (Å²) in [5.74, 6) is -0.183. The van der Waals surface area contributed by atoms with Crippen molar-refractivity contribution in [2.75, 3.05) is 16.0 Å². The quantitative estimate of drug-likeness (QED) is 0.378. The first kappa shape index (κ1) is 23.5. The lowest BCUT2D eigenvalue weighted by molar-refractivity contribution is -0.116. The summed E-state index contributed by atoms with van der Waals surface area (Å²) >= 11 is 0. The summed E-state index contributed by atoms with van der Waals surface area (Å²) in [5, 5.41) is 8.28. The number of para-hydroxylation sites is 1. The van der Waals surface area contributed by atoms with Crippen molar-refractivity contribution in [2.24, 2.45) is 14.1 Å². The average Bonchev–Trinajstić information content (AvgIpc) is 3.27. The van der Waals surface area contributed by atoms with Crippen LogP contribution in [0.15, 0.2) is 70.5 Å². The summed E-state index contributed by atoms with van der Waals surface area (Å²) in [4.78, 5) is 53.1. The first-order chi connectivity index (χ1) is 16.8. The van der Waals surface area contributed by atoms with Gasteiger partial charge in [-0.1, -0.05) is 18.2 Å². The SMILES string of the molecule is Cn1c(=O)c2c(ncn2CCCC(=O)Nc2ccc(NC(=O)Nc3ccccc3)cc2)n(C)c1=O. The number of hydrogen-bond acceptors (Lipinski definition) is 5. The molecule has 0 bridgehead atoms. The van der Waals surface area contributed by atoms with Crippen LogP contribution in [-0.4, -0.2) is 30.6 Å². The number of rotatable bonds is 7. The molecule has 0 aliphatic heterocycles. The normalized spacial score (nSPS) is 10.8. The summed E-state index contributed by atoms with van der Waals surface area (Å²) < 4.78 is 4.02. The lowest BCUT2D eigenvalue weighted by Gasteiger charge is -2.09. The number of carbonyl (C=O) groups excluding carboxylic acids is 2. The molecule has 0 fully saturated rings. The van der Waals surface area contributed by atoms with Crippen LogP contribution in [0.2, 0.25) is 0 Å². The monoisotopic (exact) mass is 475 g/mol. The van der Waals surface area contributed by atoms with Crippen molar-refractivity contribution < 1.29 is 9.59 Å². The van der Waals surface area contributed by atoms with Gasteiger partial charge in [-0.2, -0.15) is 0 Å². The standard InChI is InChI=1S/C24H25N7O4/c1-29-21-20(22(33)30(2)24(29)35)31(15-25-21)14-6-9-19(32)26-17-10-12-18(13-11-17)28-23(34)27-16-7-4-3-5-8-16/h3-5,7-8,10-13,15H,6,9,14H2,1-2H3,(H,26,32)(H2,27,28,34). The van der Waals surface area contributed by atoms with Crippen molar-refractivity contribution in [3.63, 3.8) is 0 Å². The second-order valence-electron chi connectivity index (χ2n) is 7.99. The molecule has 35 heavy (non-hydrogen) atoms. The van der Waals surface area contributed by atoms with Crippen LogP contribution in [0.1, 0.15) is 12.8 Å². The number of carbonyl (C=O) groups is 2. The van der Waals surface area contributed by atoms with E-state index in [2.05, 4.69) is 20.9 Å². The molecule has 0 aliphatic rings. The Labute approximate surface area is 200 Å². The highest BCUT2D eigenvalue weighted by atomic mass is 16.2. The molecule has 0 aliphatic carbocycles. The number of aryl methyl sites for hydroxylation is 2. The number of aromatic nitrogens is 4. The minimum Gasteiger partial charge on any atom is -0.326 e. The fraction of sp³-hybridized carbons (Fsp3) is 0.208. The highest BCUT2D eigenvalue weighted by Crippen LogP contribution is 2.15. The van der Waals surface area contributed by atoms with E-state index in [0.717, 1.165) is 4.57 Å². The van der Waals surface area contributed by atoms with Crippen molar-refractivity contribution in [2.45, 2.75) is 19.4 Å². The molecule has 2 aromatic heterocycles. The van der Waals surface area contributed by atoms with Crippen molar-refractivity contribution in [1.29, 1.82) is 0 Å². The van der Waals surface area contributed by atoms with Gasteiger partial charge in [0.2, 0.25) is 5.91 Å². The summed E-state index contributed by atoms with van der Waals surface area (Å²) in [6.07, 6.45) is 2.21. The van der Waals surface area contributed by atoms with Gasteiger partial charge in [-0.25, -0.2) is 14.6 Å².